The van der Waals surface area contributed by atoms with Crippen LogP contribution in [0.3, 0.4) is 0 Å². The average molecular weight is 423 g/mol. The van der Waals surface area contributed by atoms with Crippen molar-refractivity contribution < 1.29 is 9.53 Å². The van der Waals surface area contributed by atoms with Crippen molar-refractivity contribution in [1.82, 2.24) is 10.2 Å². The molecule has 1 heterocycles. The Morgan fingerprint density at radius 1 is 1.14 bits per heavy atom. The van der Waals surface area contributed by atoms with E-state index in [1.807, 2.05) is 43.3 Å². The van der Waals surface area contributed by atoms with E-state index in [9.17, 15) is 4.79 Å². The molecule has 1 atom stereocenters. The zero-order valence-electron chi connectivity index (χ0n) is 16.2. The monoisotopic (exact) mass is 422 g/mol. The fourth-order valence-corrected chi connectivity index (χ4v) is 3.86. The molecular formula is C22H28Cl2N2O2. The molecule has 1 aliphatic rings. The lowest BCUT2D eigenvalue weighted by Crippen LogP contribution is -2.40. The van der Waals surface area contributed by atoms with Gasteiger partial charge in [-0.05, 0) is 62.7 Å². The maximum absolute atomic E-state index is 12.7. The molecule has 1 aliphatic heterocycles. The lowest BCUT2D eigenvalue weighted by atomic mass is 10.0. The predicted octanol–water partition coefficient (Wildman–Crippen LogP) is 5.12. The molecule has 152 valence electrons. The number of carbonyl (C=O) groups excluding carboxylic acids is 1. The highest BCUT2D eigenvalue weighted by Gasteiger charge is 2.24. The van der Waals surface area contributed by atoms with Crippen LogP contribution in [-0.2, 0) is 0 Å². The summed E-state index contributed by atoms with van der Waals surface area (Å²) in [6.45, 7) is 5.10. The van der Waals surface area contributed by atoms with Gasteiger partial charge in [-0.2, -0.15) is 0 Å². The molecule has 4 nitrogen and oxygen atoms in total. The molecule has 1 amide bonds. The molecule has 1 fully saturated rings. The molecular weight excluding hydrogens is 395 g/mol. The molecule has 1 saturated heterocycles. The van der Waals surface area contributed by atoms with E-state index in [1.165, 1.54) is 19.3 Å². The lowest BCUT2D eigenvalue weighted by Gasteiger charge is -2.35. The number of rotatable bonds is 7. The van der Waals surface area contributed by atoms with Crippen molar-refractivity contribution in [2.24, 2.45) is 0 Å². The molecule has 1 unspecified atom stereocenters. The van der Waals surface area contributed by atoms with Crippen molar-refractivity contribution in [1.29, 1.82) is 0 Å². The molecule has 0 bridgehead atoms. The molecule has 1 N–H and O–H groups in total. The van der Waals surface area contributed by atoms with Crippen LogP contribution in [0.2, 0.25) is 5.02 Å². The Labute approximate surface area is 178 Å². The Balaban J connectivity index is 0.00000280. The van der Waals surface area contributed by atoms with E-state index in [-0.39, 0.29) is 24.4 Å². The number of ether oxygens (including phenoxy) is 1. The zero-order valence-corrected chi connectivity index (χ0v) is 17.8. The van der Waals surface area contributed by atoms with E-state index in [0.717, 1.165) is 23.7 Å². The minimum absolute atomic E-state index is 0. The number of benzene rings is 2. The van der Waals surface area contributed by atoms with Gasteiger partial charge in [-0.1, -0.05) is 42.3 Å². The SMILES string of the molecule is CCOc1cccc(C(=O)NCC(c2ccccc2Cl)N2CCCCC2)c1.Cl. The maximum atomic E-state index is 12.7. The second-order valence-electron chi connectivity index (χ2n) is 6.80. The summed E-state index contributed by atoms with van der Waals surface area (Å²) in [5.41, 5.74) is 1.68. The highest BCUT2D eigenvalue weighted by atomic mass is 35.5. The van der Waals surface area contributed by atoms with Crippen LogP contribution in [0.15, 0.2) is 48.5 Å². The number of hydrogen-bond donors (Lipinski definition) is 1. The number of carbonyl (C=O) groups is 1. The molecule has 0 aromatic heterocycles. The van der Waals surface area contributed by atoms with Gasteiger partial charge in [0.25, 0.3) is 5.91 Å². The number of halogens is 2. The van der Waals surface area contributed by atoms with Crippen molar-refractivity contribution in [3.05, 3.63) is 64.7 Å². The standard InChI is InChI=1S/C22H27ClN2O2.ClH/c1-2-27-18-10-8-9-17(15-18)22(26)24-16-21(25-13-6-3-7-14-25)19-11-4-5-12-20(19)23;/h4-5,8-12,15,21H,2-3,6-7,13-14,16H2,1H3,(H,24,26);1H. The molecule has 3 rings (SSSR count). The third kappa shape index (κ3) is 5.87. The Morgan fingerprint density at radius 3 is 2.61 bits per heavy atom. The second kappa shape index (κ2) is 11.3. The summed E-state index contributed by atoms with van der Waals surface area (Å²) in [4.78, 5) is 15.1. The highest BCUT2D eigenvalue weighted by molar-refractivity contribution is 6.31. The van der Waals surface area contributed by atoms with E-state index < -0.39 is 0 Å². The smallest absolute Gasteiger partial charge is 0.251 e. The van der Waals surface area contributed by atoms with Crippen LogP contribution in [-0.4, -0.2) is 37.0 Å². The molecule has 0 saturated carbocycles. The van der Waals surface area contributed by atoms with Crippen LogP contribution < -0.4 is 10.1 Å². The van der Waals surface area contributed by atoms with E-state index in [2.05, 4.69) is 16.3 Å². The Morgan fingerprint density at radius 2 is 1.89 bits per heavy atom. The first-order valence-corrected chi connectivity index (χ1v) is 10.1. The van der Waals surface area contributed by atoms with Crippen LogP contribution >= 0.6 is 24.0 Å². The third-order valence-corrected chi connectivity index (χ3v) is 5.30. The molecule has 2 aromatic carbocycles. The fraction of sp³-hybridized carbons (Fsp3) is 0.409. The Hall–Kier alpha value is -1.75. The van der Waals surface area contributed by atoms with Crippen LogP contribution in [0.4, 0.5) is 0 Å². The molecule has 0 spiro atoms. The molecule has 6 heteroatoms. The Bertz CT molecular complexity index is 764. The normalized spacial score (nSPS) is 15.4. The summed E-state index contributed by atoms with van der Waals surface area (Å²) in [6.07, 6.45) is 3.64. The van der Waals surface area contributed by atoms with E-state index in [0.29, 0.717) is 24.5 Å². The van der Waals surface area contributed by atoms with Gasteiger partial charge in [0.05, 0.1) is 12.6 Å². The largest absolute Gasteiger partial charge is 0.494 e. The summed E-state index contributed by atoms with van der Waals surface area (Å²) in [7, 11) is 0. The van der Waals surface area contributed by atoms with E-state index in [1.54, 1.807) is 6.07 Å². The fourth-order valence-electron chi connectivity index (χ4n) is 3.60. The van der Waals surface area contributed by atoms with Crippen molar-refractivity contribution in [3.8, 4) is 5.75 Å². The first kappa shape index (κ1) is 22.5. The maximum Gasteiger partial charge on any atom is 0.251 e. The van der Waals surface area contributed by atoms with Crippen molar-refractivity contribution in [3.63, 3.8) is 0 Å². The molecule has 0 radical (unpaired) electrons. The second-order valence-corrected chi connectivity index (χ2v) is 7.21. The summed E-state index contributed by atoms with van der Waals surface area (Å²) in [6, 6.07) is 15.3. The van der Waals surface area contributed by atoms with Gasteiger partial charge in [-0.25, -0.2) is 0 Å². The number of nitrogens with one attached hydrogen (secondary N) is 1. The third-order valence-electron chi connectivity index (χ3n) is 4.96. The lowest BCUT2D eigenvalue weighted by molar-refractivity contribution is 0.0924. The van der Waals surface area contributed by atoms with Gasteiger partial charge in [0.2, 0.25) is 0 Å². The van der Waals surface area contributed by atoms with E-state index >= 15 is 0 Å². The van der Waals surface area contributed by atoms with Crippen molar-refractivity contribution in [2.45, 2.75) is 32.2 Å². The first-order chi connectivity index (χ1) is 13.2. The van der Waals surface area contributed by atoms with Gasteiger partial charge in [0, 0.05) is 17.1 Å². The topological polar surface area (TPSA) is 41.6 Å². The number of nitrogens with zero attached hydrogens (tertiary/aromatic N) is 1. The minimum atomic E-state index is -0.0920. The molecule has 2 aromatic rings. The van der Waals surface area contributed by atoms with E-state index in [4.69, 9.17) is 16.3 Å². The van der Waals surface area contributed by atoms with Gasteiger partial charge in [0.1, 0.15) is 5.75 Å². The minimum Gasteiger partial charge on any atom is -0.494 e. The van der Waals surface area contributed by atoms with Crippen LogP contribution in [0.1, 0.15) is 48.1 Å². The summed E-state index contributed by atoms with van der Waals surface area (Å²) in [5, 5.41) is 3.85. The van der Waals surface area contributed by atoms with Gasteiger partial charge in [0.15, 0.2) is 0 Å². The number of hydrogen-bond acceptors (Lipinski definition) is 3. The number of likely N-dealkylation sites (tertiary alicyclic amines) is 1. The van der Waals surface area contributed by atoms with Crippen LogP contribution in [0.5, 0.6) is 5.75 Å². The predicted molar refractivity (Wildman–Crippen MR) is 117 cm³/mol. The quantitative estimate of drug-likeness (QED) is 0.672. The summed E-state index contributed by atoms with van der Waals surface area (Å²) < 4.78 is 5.50. The number of amides is 1. The highest BCUT2D eigenvalue weighted by Crippen LogP contribution is 2.29. The van der Waals surface area contributed by atoms with Gasteiger partial charge >= 0.3 is 0 Å². The van der Waals surface area contributed by atoms with Gasteiger partial charge in [-0.15, -0.1) is 12.4 Å². The Kier molecular flexibility index (Phi) is 9.10. The number of piperidine rings is 1. The summed E-state index contributed by atoms with van der Waals surface area (Å²) >= 11 is 6.47. The zero-order chi connectivity index (χ0) is 19.1. The van der Waals surface area contributed by atoms with Crippen LogP contribution in [0, 0.1) is 0 Å². The molecule has 0 aliphatic carbocycles. The molecule has 28 heavy (non-hydrogen) atoms. The van der Waals surface area contributed by atoms with Crippen molar-refractivity contribution in [2.75, 3.05) is 26.2 Å². The van der Waals surface area contributed by atoms with Gasteiger partial charge in [-0.3, -0.25) is 9.69 Å². The summed E-state index contributed by atoms with van der Waals surface area (Å²) in [5.74, 6) is 0.620. The van der Waals surface area contributed by atoms with Gasteiger partial charge < -0.3 is 10.1 Å². The first-order valence-electron chi connectivity index (χ1n) is 9.68. The average Bonchev–Trinajstić information content (AvgIpc) is 2.70. The van der Waals surface area contributed by atoms with Crippen LogP contribution in [0.25, 0.3) is 0 Å². The van der Waals surface area contributed by atoms with Crippen molar-refractivity contribution >= 4 is 29.9 Å².